The zero-order valence-electron chi connectivity index (χ0n) is 11.1. The maximum absolute atomic E-state index is 10.6. The van der Waals surface area contributed by atoms with E-state index in [-0.39, 0.29) is 0 Å². The van der Waals surface area contributed by atoms with Gasteiger partial charge in [0, 0.05) is 21.2 Å². The molecule has 0 fully saturated rings. The Morgan fingerprint density at radius 1 is 0.850 bits per heavy atom. The lowest BCUT2D eigenvalue weighted by atomic mass is 9.99. The lowest BCUT2D eigenvalue weighted by Gasteiger charge is -2.18. The third-order valence-corrected chi connectivity index (χ3v) is 3.44. The lowest BCUT2D eigenvalue weighted by molar-refractivity contribution is 0.209. The SMILES string of the molecule is COc1ccc(Cl)cc1C(O)c1cc(Cl)ccc1OC. The van der Waals surface area contributed by atoms with E-state index >= 15 is 0 Å². The average Bonchev–Trinajstić information content (AvgIpc) is 2.46. The summed E-state index contributed by atoms with van der Waals surface area (Å²) in [6.07, 6.45) is -0.947. The van der Waals surface area contributed by atoms with Gasteiger partial charge in [-0.15, -0.1) is 0 Å². The van der Waals surface area contributed by atoms with E-state index in [0.717, 1.165) is 0 Å². The van der Waals surface area contributed by atoms with Crippen molar-refractivity contribution in [3.8, 4) is 11.5 Å². The van der Waals surface area contributed by atoms with Gasteiger partial charge < -0.3 is 14.6 Å². The van der Waals surface area contributed by atoms with Gasteiger partial charge in [-0.05, 0) is 36.4 Å². The molecule has 5 heteroatoms. The quantitative estimate of drug-likeness (QED) is 0.924. The molecule has 0 saturated heterocycles. The van der Waals surface area contributed by atoms with Crippen molar-refractivity contribution < 1.29 is 14.6 Å². The molecular weight excluding hydrogens is 299 g/mol. The van der Waals surface area contributed by atoms with Gasteiger partial charge in [0.05, 0.1) is 14.2 Å². The predicted octanol–water partition coefficient (Wildman–Crippen LogP) is 4.09. The van der Waals surface area contributed by atoms with E-state index in [1.165, 1.54) is 14.2 Å². The molecule has 0 aliphatic carbocycles. The number of halogens is 2. The summed E-state index contributed by atoms with van der Waals surface area (Å²) in [6, 6.07) is 10.1. The minimum Gasteiger partial charge on any atom is -0.496 e. The molecule has 0 aliphatic rings. The van der Waals surface area contributed by atoms with Crippen LogP contribution in [-0.4, -0.2) is 19.3 Å². The van der Waals surface area contributed by atoms with E-state index < -0.39 is 6.10 Å². The normalized spacial score (nSPS) is 10.7. The molecule has 2 rings (SSSR count). The number of hydrogen-bond acceptors (Lipinski definition) is 3. The second kappa shape index (κ2) is 6.35. The molecule has 2 aromatic rings. The molecule has 1 N–H and O–H groups in total. The maximum Gasteiger partial charge on any atom is 0.125 e. The molecule has 0 radical (unpaired) electrons. The van der Waals surface area contributed by atoms with Gasteiger partial charge in [-0.3, -0.25) is 0 Å². The number of ether oxygens (including phenoxy) is 2. The fourth-order valence-electron chi connectivity index (χ4n) is 2.01. The first-order valence-corrected chi connectivity index (χ1v) is 6.67. The average molecular weight is 313 g/mol. The molecule has 0 aliphatic heterocycles. The number of rotatable bonds is 4. The van der Waals surface area contributed by atoms with Crippen LogP contribution >= 0.6 is 23.2 Å². The highest BCUT2D eigenvalue weighted by Crippen LogP contribution is 2.37. The molecule has 106 valence electrons. The van der Waals surface area contributed by atoms with Gasteiger partial charge in [0.1, 0.15) is 17.6 Å². The Morgan fingerprint density at radius 3 is 1.60 bits per heavy atom. The molecule has 0 heterocycles. The molecule has 0 unspecified atom stereocenters. The topological polar surface area (TPSA) is 38.7 Å². The minimum atomic E-state index is -0.947. The van der Waals surface area contributed by atoms with Gasteiger partial charge in [0.25, 0.3) is 0 Å². The number of aliphatic hydroxyl groups excluding tert-OH is 1. The Balaban J connectivity index is 2.53. The second-order valence-electron chi connectivity index (χ2n) is 4.18. The number of methoxy groups -OCH3 is 2. The van der Waals surface area contributed by atoms with Crippen molar-refractivity contribution >= 4 is 23.2 Å². The van der Waals surface area contributed by atoms with Crippen molar-refractivity contribution in [2.75, 3.05) is 14.2 Å². The fraction of sp³-hybridized carbons (Fsp3) is 0.200. The van der Waals surface area contributed by atoms with Crippen LogP contribution in [0.4, 0.5) is 0 Å². The largest absolute Gasteiger partial charge is 0.496 e. The Morgan fingerprint density at radius 2 is 1.25 bits per heavy atom. The summed E-state index contributed by atoms with van der Waals surface area (Å²) in [5.41, 5.74) is 1.11. The molecule has 0 amide bonds. The van der Waals surface area contributed by atoms with Crippen LogP contribution in [0.15, 0.2) is 36.4 Å². The summed E-state index contributed by atoms with van der Waals surface area (Å²) >= 11 is 12.0. The first-order chi connectivity index (χ1) is 9.56. The van der Waals surface area contributed by atoms with Crippen LogP contribution in [0.2, 0.25) is 10.0 Å². The van der Waals surface area contributed by atoms with E-state index in [4.69, 9.17) is 32.7 Å². The minimum absolute atomic E-state index is 0.515. The Labute approximate surface area is 127 Å². The van der Waals surface area contributed by atoms with Crippen molar-refractivity contribution in [3.63, 3.8) is 0 Å². The van der Waals surface area contributed by atoms with Crippen LogP contribution in [0.3, 0.4) is 0 Å². The van der Waals surface area contributed by atoms with Crippen LogP contribution < -0.4 is 9.47 Å². The molecular formula is C15H14Cl2O3. The highest BCUT2D eigenvalue weighted by Gasteiger charge is 2.20. The lowest BCUT2D eigenvalue weighted by Crippen LogP contribution is -2.04. The van der Waals surface area contributed by atoms with Crippen LogP contribution in [0, 0.1) is 0 Å². The number of benzene rings is 2. The molecule has 0 bridgehead atoms. The Hall–Kier alpha value is -1.42. The molecule has 3 nitrogen and oxygen atoms in total. The summed E-state index contributed by atoms with van der Waals surface area (Å²) in [4.78, 5) is 0. The van der Waals surface area contributed by atoms with Gasteiger partial charge in [-0.1, -0.05) is 23.2 Å². The van der Waals surface area contributed by atoms with Crippen molar-refractivity contribution in [2.45, 2.75) is 6.10 Å². The first-order valence-electron chi connectivity index (χ1n) is 5.91. The predicted molar refractivity (Wildman–Crippen MR) is 80.1 cm³/mol. The molecule has 0 spiro atoms. The highest BCUT2D eigenvalue weighted by atomic mass is 35.5. The van der Waals surface area contributed by atoms with E-state index in [1.54, 1.807) is 36.4 Å². The second-order valence-corrected chi connectivity index (χ2v) is 5.05. The summed E-state index contributed by atoms with van der Waals surface area (Å²) in [5.74, 6) is 1.09. The monoisotopic (exact) mass is 312 g/mol. The van der Waals surface area contributed by atoms with Crippen LogP contribution in [0.1, 0.15) is 17.2 Å². The molecule has 0 aromatic heterocycles. The molecule has 0 saturated carbocycles. The summed E-state index contributed by atoms with van der Waals surface area (Å²) in [5, 5.41) is 11.6. The Bertz CT molecular complexity index is 561. The number of aliphatic hydroxyl groups is 1. The smallest absolute Gasteiger partial charge is 0.125 e. The van der Waals surface area contributed by atoms with Gasteiger partial charge in [0.15, 0.2) is 0 Å². The highest BCUT2D eigenvalue weighted by molar-refractivity contribution is 6.31. The molecule has 2 aromatic carbocycles. The summed E-state index contributed by atoms with van der Waals surface area (Å²) < 4.78 is 10.5. The van der Waals surface area contributed by atoms with E-state index in [9.17, 15) is 5.11 Å². The Kier molecular flexibility index (Phi) is 4.76. The standard InChI is InChI=1S/C15H14Cl2O3/c1-19-13-5-3-9(16)7-11(13)15(18)12-8-10(17)4-6-14(12)20-2/h3-8,15,18H,1-2H3. The van der Waals surface area contributed by atoms with Crippen molar-refractivity contribution in [1.82, 2.24) is 0 Å². The van der Waals surface area contributed by atoms with Gasteiger partial charge in [0.2, 0.25) is 0 Å². The number of hydrogen-bond donors (Lipinski definition) is 1. The van der Waals surface area contributed by atoms with E-state index in [1.807, 2.05) is 0 Å². The third-order valence-electron chi connectivity index (χ3n) is 2.97. The summed E-state index contributed by atoms with van der Waals surface area (Å²) in [7, 11) is 3.07. The molecule has 20 heavy (non-hydrogen) atoms. The van der Waals surface area contributed by atoms with Gasteiger partial charge >= 0.3 is 0 Å². The summed E-state index contributed by atoms with van der Waals surface area (Å²) in [6.45, 7) is 0. The van der Waals surface area contributed by atoms with Crippen LogP contribution in [-0.2, 0) is 0 Å². The zero-order valence-corrected chi connectivity index (χ0v) is 12.6. The van der Waals surface area contributed by atoms with E-state index in [2.05, 4.69) is 0 Å². The van der Waals surface area contributed by atoms with Crippen LogP contribution in [0.25, 0.3) is 0 Å². The fourth-order valence-corrected chi connectivity index (χ4v) is 2.37. The third kappa shape index (κ3) is 3.01. The van der Waals surface area contributed by atoms with E-state index in [0.29, 0.717) is 32.7 Å². The maximum atomic E-state index is 10.6. The van der Waals surface area contributed by atoms with Crippen molar-refractivity contribution in [1.29, 1.82) is 0 Å². The first kappa shape index (κ1) is 15.0. The van der Waals surface area contributed by atoms with Crippen molar-refractivity contribution in [3.05, 3.63) is 57.6 Å². The zero-order chi connectivity index (χ0) is 14.7. The van der Waals surface area contributed by atoms with Crippen molar-refractivity contribution in [2.24, 2.45) is 0 Å². The van der Waals surface area contributed by atoms with Crippen LogP contribution in [0.5, 0.6) is 11.5 Å². The van der Waals surface area contributed by atoms with Gasteiger partial charge in [-0.2, -0.15) is 0 Å². The molecule has 0 atom stereocenters. The van der Waals surface area contributed by atoms with Gasteiger partial charge in [-0.25, -0.2) is 0 Å².